The fourth-order valence-electron chi connectivity index (χ4n) is 4.10. The van der Waals surface area contributed by atoms with E-state index in [1.807, 2.05) is 36.4 Å². The number of carbonyl (C=O) groups excluding carboxylic acids is 1. The van der Waals surface area contributed by atoms with Crippen LogP contribution >= 0.6 is 0 Å². The van der Waals surface area contributed by atoms with Crippen LogP contribution in [0.4, 0.5) is 0 Å². The minimum absolute atomic E-state index is 0.0130. The number of benzene rings is 3. The van der Waals surface area contributed by atoms with Gasteiger partial charge in [0.25, 0.3) is 5.91 Å². The van der Waals surface area contributed by atoms with Crippen molar-refractivity contribution < 1.29 is 9.53 Å². The van der Waals surface area contributed by atoms with Crippen LogP contribution in [0.1, 0.15) is 35.2 Å². The predicted octanol–water partition coefficient (Wildman–Crippen LogP) is 4.35. The van der Waals surface area contributed by atoms with Crippen molar-refractivity contribution in [3.05, 3.63) is 101 Å². The summed E-state index contributed by atoms with van der Waals surface area (Å²) in [5.74, 6) is 0.619. The van der Waals surface area contributed by atoms with Crippen LogP contribution < -0.4 is 10.1 Å². The molecule has 3 aromatic carbocycles. The average molecular weight is 401 g/mol. The Bertz CT molecular complexity index is 973. The SMILES string of the molecule is CCN1CCc2ccc(OCC(=O)NCc3ccccc3)cc2[C@@H]1c1ccccc1. The number of nitrogens with one attached hydrogen (secondary N) is 1. The molecule has 30 heavy (non-hydrogen) atoms. The van der Waals surface area contributed by atoms with Crippen molar-refractivity contribution in [1.82, 2.24) is 10.2 Å². The van der Waals surface area contributed by atoms with Gasteiger partial charge < -0.3 is 10.1 Å². The molecule has 0 spiro atoms. The maximum atomic E-state index is 12.2. The maximum Gasteiger partial charge on any atom is 0.258 e. The highest BCUT2D eigenvalue weighted by Crippen LogP contribution is 2.36. The molecule has 1 aliphatic heterocycles. The Morgan fingerprint density at radius 3 is 2.50 bits per heavy atom. The van der Waals surface area contributed by atoms with Gasteiger partial charge in [0.05, 0.1) is 6.04 Å². The zero-order valence-corrected chi connectivity index (χ0v) is 17.4. The second-order valence-electron chi connectivity index (χ2n) is 7.60. The van der Waals surface area contributed by atoms with Gasteiger partial charge in [-0.25, -0.2) is 0 Å². The molecule has 1 amide bonds. The lowest BCUT2D eigenvalue weighted by Crippen LogP contribution is -2.36. The van der Waals surface area contributed by atoms with E-state index in [0.717, 1.165) is 30.8 Å². The molecule has 3 aromatic rings. The number of rotatable bonds is 7. The van der Waals surface area contributed by atoms with Gasteiger partial charge in [-0.05, 0) is 47.4 Å². The molecule has 0 fully saturated rings. The minimum atomic E-state index is -0.119. The van der Waals surface area contributed by atoms with Crippen LogP contribution in [0.5, 0.6) is 5.75 Å². The summed E-state index contributed by atoms with van der Waals surface area (Å²) in [5, 5.41) is 2.91. The van der Waals surface area contributed by atoms with Gasteiger partial charge >= 0.3 is 0 Å². The summed E-state index contributed by atoms with van der Waals surface area (Å²) in [7, 11) is 0. The molecule has 0 saturated heterocycles. The summed E-state index contributed by atoms with van der Waals surface area (Å²) in [5.41, 5.74) is 4.99. The number of fused-ring (bicyclic) bond motifs is 1. The molecule has 1 heterocycles. The monoisotopic (exact) mass is 400 g/mol. The lowest BCUT2D eigenvalue weighted by Gasteiger charge is -2.37. The van der Waals surface area contributed by atoms with E-state index in [-0.39, 0.29) is 18.6 Å². The second-order valence-corrected chi connectivity index (χ2v) is 7.60. The van der Waals surface area contributed by atoms with Crippen molar-refractivity contribution in [3.8, 4) is 5.75 Å². The largest absolute Gasteiger partial charge is 0.484 e. The molecule has 1 N–H and O–H groups in total. The number of nitrogens with zero attached hydrogens (tertiary/aromatic N) is 1. The van der Waals surface area contributed by atoms with Gasteiger partial charge in [0.1, 0.15) is 5.75 Å². The Morgan fingerprint density at radius 1 is 1.03 bits per heavy atom. The Labute approximate surface area is 178 Å². The summed E-state index contributed by atoms with van der Waals surface area (Å²) < 4.78 is 5.84. The fraction of sp³-hybridized carbons (Fsp3) is 0.269. The van der Waals surface area contributed by atoms with Crippen molar-refractivity contribution >= 4 is 5.91 Å². The molecule has 4 heteroatoms. The Kier molecular flexibility index (Phi) is 6.45. The topological polar surface area (TPSA) is 41.6 Å². The first-order chi connectivity index (χ1) is 14.7. The lowest BCUT2D eigenvalue weighted by atomic mass is 9.88. The molecule has 0 radical (unpaired) electrons. The number of hydrogen-bond acceptors (Lipinski definition) is 3. The highest BCUT2D eigenvalue weighted by molar-refractivity contribution is 5.77. The fourth-order valence-corrected chi connectivity index (χ4v) is 4.10. The zero-order chi connectivity index (χ0) is 20.8. The van der Waals surface area contributed by atoms with Crippen LogP contribution in [0, 0.1) is 0 Å². The van der Waals surface area contributed by atoms with Gasteiger partial charge in [0, 0.05) is 13.1 Å². The zero-order valence-electron chi connectivity index (χ0n) is 17.4. The van der Waals surface area contributed by atoms with Crippen LogP contribution in [-0.2, 0) is 17.8 Å². The first-order valence-electron chi connectivity index (χ1n) is 10.6. The van der Waals surface area contributed by atoms with Gasteiger partial charge in [0.2, 0.25) is 0 Å². The number of likely N-dealkylation sites (N-methyl/N-ethyl adjacent to an activating group) is 1. The molecule has 1 aliphatic rings. The van der Waals surface area contributed by atoms with E-state index < -0.39 is 0 Å². The van der Waals surface area contributed by atoms with E-state index in [0.29, 0.717) is 6.54 Å². The summed E-state index contributed by atoms with van der Waals surface area (Å²) >= 11 is 0. The van der Waals surface area contributed by atoms with E-state index in [1.54, 1.807) is 0 Å². The summed E-state index contributed by atoms with van der Waals surface area (Å²) in [6, 6.07) is 27.0. The second kappa shape index (κ2) is 9.59. The summed E-state index contributed by atoms with van der Waals surface area (Å²) in [6.45, 7) is 4.77. The number of amides is 1. The maximum absolute atomic E-state index is 12.2. The normalized spacial score (nSPS) is 16.0. The van der Waals surface area contributed by atoms with Crippen molar-refractivity contribution in [3.63, 3.8) is 0 Å². The Morgan fingerprint density at radius 2 is 1.77 bits per heavy atom. The number of carbonyl (C=O) groups is 1. The predicted molar refractivity (Wildman–Crippen MR) is 119 cm³/mol. The van der Waals surface area contributed by atoms with Gasteiger partial charge in [0.15, 0.2) is 6.61 Å². The highest BCUT2D eigenvalue weighted by atomic mass is 16.5. The van der Waals surface area contributed by atoms with E-state index in [1.165, 1.54) is 16.7 Å². The average Bonchev–Trinajstić information content (AvgIpc) is 2.81. The van der Waals surface area contributed by atoms with Gasteiger partial charge in [-0.15, -0.1) is 0 Å². The van der Waals surface area contributed by atoms with Crippen molar-refractivity contribution in [2.45, 2.75) is 25.9 Å². The van der Waals surface area contributed by atoms with E-state index in [9.17, 15) is 4.79 Å². The molecule has 0 saturated carbocycles. The molecule has 0 bridgehead atoms. The van der Waals surface area contributed by atoms with E-state index in [2.05, 4.69) is 59.6 Å². The van der Waals surface area contributed by atoms with Crippen LogP contribution in [0.2, 0.25) is 0 Å². The molecule has 154 valence electrons. The highest BCUT2D eigenvalue weighted by Gasteiger charge is 2.28. The van der Waals surface area contributed by atoms with Crippen LogP contribution in [0.15, 0.2) is 78.9 Å². The van der Waals surface area contributed by atoms with Crippen molar-refractivity contribution in [1.29, 1.82) is 0 Å². The molecule has 1 atom stereocenters. The van der Waals surface area contributed by atoms with Crippen LogP contribution in [0.3, 0.4) is 0 Å². The first kappa shape index (κ1) is 20.2. The van der Waals surface area contributed by atoms with Gasteiger partial charge in [-0.2, -0.15) is 0 Å². The molecule has 4 nitrogen and oxygen atoms in total. The quantitative estimate of drug-likeness (QED) is 0.641. The van der Waals surface area contributed by atoms with E-state index in [4.69, 9.17) is 4.74 Å². The van der Waals surface area contributed by atoms with Crippen LogP contribution in [-0.4, -0.2) is 30.5 Å². The van der Waals surface area contributed by atoms with Crippen molar-refractivity contribution in [2.75, 3.05) is 19.7 Å². The third-order valence-corrected chi connectivity index (χ3v) is 5.67. The molecule has 0 aliphatic carbocycles. The van der Waals surface area contributed by atoms with Crippen molar-refractivity contribution in [2.24, 2.45) is 0 Å². The molecule has 0 aromatic heterocycles. The third kappa shape index (κ3) is 4.71. The molecular weight excluding hydrogens is 372 g/mol. The molecule has 4 rings (SSSR count). The van der Waals surface area contributed by atoms with Gasteiger partial charge in [-0.1, -0.05) is 73.7 Å². The Balaban J connectivity index is 1.45. The van der Waals surface area contributed by atoms with Crippen LogP contribution in [0.25, 0.3) is 0 Å². The first-order valence-corrected chi connectivity index (χ1v) is 10.6. The third-order valence-electron chi connectivity index (χ3n) is 5.67. The Hall–Kier alpha value is -3.11. The lowest BCUT2D eigenvalue weighted by molar-refractivity contribution is -0.123. The number of ether oxygens (including phenoxy) is 1. The van der Waals surface area contributed by atoms with E-state index >= 15 is 0 Å². The standard InChI is InChI=1S/C26H28N2O2/c1-2-28-16-15-21-13-14-23(17-24(21)26(28)22-11-7-4-8-12-22)30-19-25(29)27-18-20-9-5-3-6-10-20/h3-14,17,26H,2,15-16,18-19H2,1H3,(H,27,29)/t26-/m0/s1. The smallest absolute Gasteiger partial charge is 0.258 e. The molecular formula is C26H28N2O2. The summed E-state index contributed by atoms with van der Waals surface area (Å²) in [6.07, 6.45) is 1.03. The minimum Gasteiger partial charge on any atom is -0.484 e. The number of hydrogen-bond donors (Lipinski definition) is 1. The van der Waals surface area contributed by atoms with Gasteiger partial charge in [-0.3, -0.25) is 9.69 Å². The summed E-state index contributed by atoms with van der Waals surface area (Å²) in [4.78, 5) is 14.7. The molecule has 0 unspecified atom stereocenters.